The van der Waals surface area contributed by atoms with Gasteiger partial charge in [-0.05, 0) is 80.1 Å². The second kappa shape index (κ2) is 6.17. The Morgan fingerprint density at radius 1 is 1.21 bits per heavy atom. The van der Waals surface area contributed by atoms with Crippen molar-refractivity contribution in [1.29, 1.82) is 0 Å². The fraction of sp³-hybridized carbons (Fsp3) is 0.684. The predicted molar refractivity (Wildman–Crippen MR) is 94.9 cm³/mol. The second-order valence-electron chi connectivity index (χ2n) is 8.23. The lowest BCUT2D eigenvalue weighted by molar-refractivity contribution is -0.124. The molecule has 0 radical (unpaired) electrons. The predicted octanol–water partition coefficient (Wildman–Crippen LogP) is 3.20. The Labute approximate surface area is 147 Å². The van der Waals surface area contributed by atoms with Gasteiger partial charge in [0.15, 0.2) is 0 Å². The number of amides is 2. The molecule has 4 aliphatic rings. The van der Waals surface area contributed by atoms with E-state index in [0.29, 0.717) is 10.3 Å². The van der Waals surface area contributed by atoms with Gasteiger partial charge >= 0.3 is 0 Å². The molecule has 4 aliphatic carbocycles. The van der Waals surface area contributed by atoms with Crippen LogP contribution in [0.1, 0.15) is 55.1 Å². The molecule has 5 heteroatoms. The topological polar surface area (TPSA) is 58.2 Å². The Morgan fingerprint density at radius 3 is 2.38 bits per heavy atom. The van der Waals surface area contributed by atoms with Gasteiger partial charge in [-0.15, -0.1) is 11.3 Å². The van der Waals surface area contributed by atoms with Gasteiger partial charge in [-0.1, -0.05) is 6.07 Å². The standard InChI is InChI=1S/C19H26N2O2S/c1-12(19-8-13-5-14(9-19)7-15(6-13)10-19)21-17(22)11-20-18(23)16-3-2-4-24-16/h2-4,12-15H,5-11H2,1H3,(H,20,23)(H,21,22). The van der Waals surface area contributed by atoms with Crippen LogP contribution >= 0.6 is 11.3 Å². The van der Waals surface area contributed by atoms with Crippen LogP contribution in [0, 0.1) is 23.2 Å². The van der Waals surface area contributed by atoms with E-state index in [1.54, 1.807) is 6.07 Å². The summed E-state index contributed by atoms with van der Waals surface area (Å²) in [4.78, 5) is 24.9. The number of nitrogens with one attached hydrogen (secondary N) is 2. The maximum atomic E-state index is 12.3. The second-order valence-corrected chi connectivity index (χ2v) is 9.18. The maximum absolute atomic E-state index is 12.3. The van der Waals surface area contributed by atoms with E-state index in [-0.39, 0.29) is 24.4 Å². The van der Waals surface area contributed by atoms with E-state index in [0.717, 1.165) is 17.8 Å². The van der Waals surface area contributed by atoms with Crippen LogP contribution in [0.5, 0.6) is 0 Å². The fourth-order valence-corrected chi connectivity index (χ4v) is 6.45. The first-order chi connectivity index (χ1) is 11.5. The van der Waals surface area contributed by atoms with Gasteiger partial charge in [0.2, 0.25) is 5.91 Å². The Kier molecular flexibility index (Phi) is 4.15. The van der Waals surface area contributed by atoms with Gasteiger partial charge in [0.05, 0.1) is 11.4 Å². The highest BCUT2D eigenvalue weighted by Crippen LogP contribution is 2.61. The summed E-state index contributed by atoms with van der Waals surface area (Å²) < 4.78 is 0. The van der Waals surface area contributed by atoms with Crippen LogP contribution in [0.3, 0.4) is 0 Å². The van der Waals surface area contributed by atoms with Gasteiger partial charge in [-0.25, -0.2) is 0 Å². The summed E-state index contributed by atoms with van der Waals surface area (Å²) >= 11 is 1.39. The quantitative estimate of drug-likeness (QED) is 0.860. The molecule has 1 unspecified atom stereocenters. The summed E-state index contributed by atoms with van der Waals surface area (Å²) in [6.45, 7) is 2.24. The first-order valence-corrected chi connectivity index (χ1v) is 10.0. The van der Waals surface area contributed by atoms with Gasteiger partial charge in [0, 0.05) is 6.04 Å². The van der Waals surface area contributed by atoms with E-state index in [9.17, 15) is 9.59 Å². The summed E-state index contributed by atoms with van der Waals surface area (Å²) in [7, 11) is 0. The number of hydrogen-bond donors (Lipinski definition) is 2. The molecule has 4 fully saturated rings. The highest BCUT2D eigenvalue weighted by Gasteiger charge is 2.53. The van der Waals surface area contributed by atoms with E-state index in [1.165, 1.54) is 49.9 Å². The smallest absolute Gasteiger partial charge is 0.261 e. The summed E-state index contributed by atoms with van der Waals surface area (Å²) in [5.74, 6) is 2.42. The largest absolute Gasteiger partial charge is 0.352 e. The Morgan fingerprint density at radius 2 is 1.83 bits per heavy atom. The molecule has 1 aromatic heterocycles. The monoisotopic (exact) mass is 346 g/mol. The van der Waals surface area contributed by atoms with Crippen molar-refractivity contribution in [2.75, 3.05) is 6.54 Å². The molecule has 4 bridgehead atoms. The third-order valence-corrected chi connectivity index (χ3v) is 7.40. The van der Waals surface area contributed by atoms with Gasteiger partial charge in [0.1, 0.15) is 0 Å². The van der Waals surface area contributed by atoms with Crippen LogP contribution in [0.2, 0.25) is 0 Å². The molecular formula is C19H26N2O2S. The van der Waals surface area contributed by atoms with Crippen molar-refractivity contribution < 1.29 is 9.59 Å². The molecule has 5 rings (SSSR count). The highest BCUT2D eigenvalue weighted by molar-refractivity contribution is 7.12. The molecule has 4 saturated carbocycles. The minimum absolute atomic E-state index is 0.0629. The lowest BCUT2D eigenvalue weighted by atomic mass is 9.48. The Hall–Kier alpha value is -1.36. The fourth-order valence-electron chi connectivity index (χ4n) is 5.81. The van der Waals surface area contributed by atoms with Crippen LogP contribution in [0.4, 0.5) is 0 Å². The third-order valence-electron chi connectivity index (χ3n) is 6.54. The molecule has 0 aliphatic heterocycles. The van der Waals surface area contributed by atoms with Crippen molar-refractivity contribution in [2.24, 2.45) is 23.2 Å². The van der Waals surface area contributed by atoms with E-state index < -0.39 is 0 Å². The SMILES string of the molecule is CC(NC(=O)CNC(=O)c1cccs1)C12CC3CC(CC(C3)C1)C2. The molecule has 2 amide bonds. The van der Waals surface area contributed by atoms with Crippen molar-refractivity contribution in [3.05, 3.63) is 22.4 Å². The van der Waals surface area contributed by atoms with Crippen LogP contribution in [0.25, 0.3) is 0 Å². The minimum atomic E-state index is -0.164. The van der Waals surface area contributed by atoms with Crippen molar-refractivity contribution in [2.45, 2.75) is 51.5 Å². The van der Waals surface area contributed by atoms with Gasteiger partial charge in [-0.3, -0.25) is 9.59 Å². The molecule has 1 aromatic rings. The van der Waals surface area contributed by atoms with Gasteiger partial charge in [-0.2, -0.15) is 0 Å². The van der Waals surface area contributed by atoms with Gasteiger partial charge < -0.3 is 10.6 Å². The zero-order valence-electron chi connectivity index (χ0n) is 14.2. The molecule has 1 atom stereocenters. The number of rotatable bonds is 5. The normalized spacial score (nSPS) is 34.8. The average Bonchev–Trinajstić information content (AvgIpc) is 3.05. The first-order valence-electron chi connectivity index (χ1n) is 9.15. The molecule has 1 heterocycles. The summed E-state index contributed by atoms with van der Waals surface area (Å²) in [5, 5.41) is 7.78. The summed E-state index contributed by atoms with van der Waals surface area (Å²) in [6.07, 6.45) is 8.08. The first kappa shape index (κ1) is 16.1. The summed E-state index contributed by atoms with van der Waals surface area (Å²) in [6, 6.07) is 3.82. The molecule has 2 N–H and O–H groups in total. The van der Waals surface area contributed by atoms with Gasteiger partial charge in [0.25, 0.3) is 5.91 Å². The van der Waals surface area contributed by atoms with Crippen molar-refractivity contribution in [3.63, 3.8) is 0 Å². The molecule has 0 saturated heterocycles. The minimum Gasteiger partial charge on any atom is -0.352 e. The van der Waals surface area contributed by atoms with E-state index in [1.807, 2.05) is 11.4 Å². The van der Waals surface area contributed by atoms with E-state index >= 15 is 0 Å². The molecular weight excluding hydrogens is 320 g/mol. The maximum Gasteiger partial charge on any atom is 0.261 e. The van der Waals surface area contributed by atoms with Crippen molar-refractivity contribution in [1.82, 2.24) is 10.6 Å². The highest BCUT2D eigenvalue weighted by atomic mass is 32.1. The van der Waals surface area contributed by atoms with E-state index in [4.69, 9.17) is 0 Å². The van der Waals surface area contributed by atoms with Crippen LogP contribution in [-0.4, -0.2) is 24.4 Å². The molecule has 24 heavy (non-hydrogen) atoms. The van der Waals surface area contributed by atoms with Crippen LogP contribution < -0.4 is 10.6 Å². The van der Waals surface area contributed by atoms with Crippen LogP contribution in [0.15, 0.2) is 17.5 Å². The molecule has 0 spiro atoms. The molecule has 0 aromatic carbocycles. The number of hydrogen-bond acceptors (Lipinski definition) is 3. The average molecular weight is 346 g/mol. The lowest BCUT2D eigenvalue weighted by Gasteiger charge is -2.59. The van der Waals surface area contributed by atoms with Crippen LogP contribution in [-0.2, 0) is 4.79 Å². The van der Waals surface area contributed by atoms with E-state index in [2.05, 4.69) is 17.6 Å². The number of carbonyl (C=O) groups is 2. The Bertz CT molecular complexity index is 590. The van der Waals surface area contributed by atoms with Crippen molar-refractivity contribution in [3.8, 4) is 0 Å². The molecule has 130 valence electrons. The zero-order chi connectivity index (χ0) is 16.7. The number of thiophene rings is 1. The lowest BCUT2D eigenvalue weighted by Crippen LogP contribution is -2.56. The zero-order valence-corrected chi connectivity index (χ0v) is 15.0. The number of carbonyl (C=O) groups excluding carboxylic acids is 2. The Balaban J connectivity index is 1.32. The van der Waals surface area contributed by atoms with Crippen molar-refractivity contribution >= 4 is 23.2 Å². The summed E-state index contributed by atoms with van der Waals surface area (Å²) in [5.41, 5.74) is 0.308. The molecule has 4 nitrogen and oxygen atoms in total. The third kappa shape index (κ3) is 2.99.